The van der Waals surface area contributed by atoms with Crippen molar-refractivity contribution >= 4 is 10.9 Å². The summed E-state index contributed by atoms with van der Waals surface area (Å²) < 4.78 is 5.50. The third-order valence-corrected chi connectivity index (χ3v) is 8.00. The quantitative estimate of drug-likeness (QED) is 0.815. The van der Waals surface area contributed by atoms with Gasteiger partial charge in [-0.3, -0.25) is 4.90 Å². The zero-order valence-electron chi connectivity index (χ0n) is 17.1. The number of rotatable bonds is 5. The summed E-state index contributed by atoms with van der Waals surface area (Å²) in [4.78, 5) is 6.85. The van der Waals surface area contributed by atoms with Crippen LogP contribution in [0.25, 0.3) is 10.9 Å². The molecule has 2 saturated heterocycles. The van der Waals surface area contributed by atoms with Crippen molar-refractivity contribution in [3.8, 4) is 0 Å². The average molecular weight is 367 g/mol. The number of hydrogen-bond acceptors (Lipinski definition) is 2. The van der Waals surface area contributed by atoms with Crippen LogP contribution in [0.5, 0.6) is 0 Å². The van der Waals surface area contributed by atoms with E-state index in [1.807, 2.05) is 7.11 Å². The highest BCUT2D eigenvalue weighted by molar-refractivity contribution is 5.85. The first-order valence-electron chi connectivity index (χ1n) is 11.0. The minimum absolute atomic E-state index is 0.246. The van der Waals surface area contributed by atoms with Gasteiger partial charge in [-0.2, -0.15) is 0 Å². The Hall–Kier alpha value is -1.32. The number of fused-ring (bicyclic) bond motifs is 4. The molecule has 3 heteroatoms. The van der Waals surface area contributed by atoms with Crippen molar-refractivity contribution in [2.45, 2.75) is 69.9 Å². The molecule has 1 aliphatic carbocycles. The van der Waals surface area contributed by atoms with E-state index >= 15 is 0 Å². The van der Waals surface area contributed by atoms with Gasteiger partial charge in [0.2, 0.25) is 0 Å². The van der Waals surface area contributed by atoms with E-state index < -0.39 is 0 Å². The molecule has 27 heavy (non-hydrogen) atoms. The molecule has 4 heterocycles. The monoisotopic (exact) mass is 366 g/mol. The van der Waals surface area contributed by atoms with E-state index in [4.69, 9.17) is 4.74 Å². The van der Waals surface area contributed by atoms with Gasteiger partial charge in [0.1, 0.15) is 0 Å². The van der Waals surface area contributed by atoms with E-state index in [1.165, 1.54) is 56.0 Å². The van der Waals surface area contributed by atoms with E-state index in [-0.39, 0.29) is 5.41 Å². The summed E-state index contributed by atoms with van der Waals surface area (Å²) in [7, 11) is 1.85. The van der Waals surface area contributed by atoms with Crippen LogP contribution in [0.15, 0.2) is 24.3 Å². The largest absolute Gasteiger partial charge is 0.385 e. The molecule has 4 bridgehead atoms. The number of aromatic nitrogens is 1. The number of nitrogens with one attached hydrogen (secondary N) is 1. The fraction of sp³-hybridized carbons (Fsp3) is 0.667. The average Bonchev–Trinajstić information content (AvgIpc) is 3.01. The molecular weight excluding hydrogens is 332 g/mol. The second kappa shape index (κ2) is 6.63. The number of ether oxygens (including phenoxy) is 1. The second-order valence-electron chi connectivity index (χ2n) is 9.47. The Morgan fingerprint density at radius 2 is 2.11 bits per heavy atom. The van der Waals surface area contributed by atoms with Gasteiger partial charge in [-0.1, -0.05) is 38.5 Å². The molecular formula is C24H34N2O. The predicted molar refractivity (Wildman–Crippen MR) is 111 cm³/mol. The first-order valence-corrected chi connectivity index (χ1v) is 11.0. The fourth-order valence-corrected chi connectivity index (χ4v) is 7.18. The van der Waals surface area contributed by atoms with Gasteiger partial charge in [0.05, 0.1) is 0 Å². The lowest BCUT2D eigenvalue weighted by atomic mass is 9.55. The number of H-pyrrole nitrogens is 1. The van der Waals surface area contributed by atoms with Gasteiger partial charge in [0, 0.05) is 54.4 Å². The zero-order chi connectivity index (χ0) is 18.6. The summed E-state index contributed by atoms with van der Waals surface area (Å²) in [5, 5.41) is 1.46. The second-order valence-corrected chi connectivity index (χ2v) is 9.47. The highest BCUT2D eigenvalue weighted by Gasteiger charge is 2.58. The Labute approximate surface area is 163 Å². The predicted octanol–water partition coefficient (Wildman–Crippen LogP) is 4.90. The Morgan fingerprint density at radius 1 is 1.26 bits per heavy atom. The number of methoxy groups -OCH3 is 1. The maximum Gasteiger partial charge on any atom is 0.0465 e. The molecule has 6 rings (SSSR count). The number of aromatic amines is 1. The molecule has 0 spiro atoms. The molecule has 1 N–H and O–H groups in total. The van der Waals surface area contributed by atoms with Crippen LogP contribution >= 0.6 is 0 Å². The van der Waals surface area contributed by atoms with Crippen molar-refractivity contribution < 1.29 is 4.74 Å². The zero-order valence-corrected chi connectivity index (χ0v) is 17.1. The molecule has 2 aromatic rings. The molecule has 1 aromatic carbocycles. The summed E-state index contributed by atoms with van der Waals surface area (Å²) in [5.74, 6) is 1.60. The normalized spacial score (nSPS) is 37.4. The highest BCUT2D eigenvalue weighted by Crippen LogP contribution is 2.57. The smallest absolute Gasteiger partial charge is 0.0465 e. The van der Waals surface area contributed by atoms with Crippen molar-refractivity contribution in [2.24, 2.45) is 11.8 Å². The van der Waals surface area contributed by atoms with E-state index in [9.17, 15) is 0 Å². The number of nitrogens with zero attached hydrogens (tertiary/aromatic N) is 1. The number of para-hydroxylation sites is 1. The van der Waals surface area contributed by atoms with Gasteiger partial charge < -0.3 is 9.72 Å². The van der Waals surface area contributed by atoms with Crippen molar-refractivity contribution in [3.63, 3.8) is 0 Å². The first-order chi connectivity index (χ1) is 13.2. The fourth-order valence-electron chi connectivity index (χ4n) is 7.18. The first kappa shape index (κ1) is 17.8. The lowest BCUT2D eigenvalue weighted by Crippen LogP contribution is -2.67. The van der Waals surface area contributed by atoms with Crippen LogP contribution in [-0.2, 0) is 16.6 Å². The topological polar surface area (TPSA) is 28.3 Å². The van der Waals surface area contributed by atoms with Gasteiger partial charge in [-0.25, -0.2) is 0 Å². The number of hydrogen-bond donors (Lipinski definition) is 1. The third kappa shape index (κ3) is 2.54. The van der Waals surface area contributed by atoms with E-state index in [0.29, 0.717) is 6.04 Å². The lowest BCUT2D eigenvalue weighted by molar-refractivity contribution is -0.102. The molecule has 1 saturated carbocycles. The summed E-state index contributed by atoms with van der Waals surface area (Å²) in [6.45, 7) is 7.05. The molecule has 0 amide bonds. The number of benzene rings is 1. The molecule has 3 aliphatic heterocycles. The van der Waals surface area contributed by atoms with Crippen LogP contribution in [0, 0.1) is 11.8 Å². The third-order valence-electron chi connectivity index (χ3n) is 8.00. The van der Waals surface area contributed by atoms with Crippen molar-refractivity contribution in [1.82, 2.24) is 9.88 Å². The van der Waals surface area contributed by atoms with E-state index in [0.717, 1.165) is 24.5 Å². The van der Waals surface area contributed by atoms with Crippen molar-refractivity contribution in [1.29, 1.82) is 0 Å². The van der Waals surface area contributed by atoms with Gasteiger partial charge in [-0.15, -0.1) is 0 Å². The molecule has 6 atom stereocenters. The summed E-state index contributed by atoms with van der Waals surface area (Å²) in [6.07, 6.45) is 7.82. The summed E-state index contributed by atoms with van der Waals surface area (Å²) >= 11 is 0. The molecule has 0 radical (unpaired) electrons. The van der Waals surface area contributed by atoms with Gasteiger partial charge in [0.15, 0.2) is 0 Å². The van der Waals surface area contributed by atoms with Crippen LogP contribution in [0.3, 0.4) is 0 Å². The van der Waals surface area contributed by atoms with Crippen LogP contribution in [0.2, 0.25) is 0 Å². The van der Waals surface area contributed by atoms with Gasteiger partial charge in [-0.05, 0) is 55.6 Å². The molecule has 146 valence electrons. The molecule has 3 fully saturated rings. The maximum absolute atomic E-state index is 5.50. The molecule has 3 nitrogen and oxygen atoms in total. The molecule has 4 aliphatic rings. The van der Waals surface area contributed by atoms with Crippen molar-refractivity contribution in [3.05, 3.63) is 35.5 Å². The summed E-state index contributed by atoms with van der Waals surface area (Å²) in [5.41, 5.74) is 4.73. The van der Waals surface area contributed by atoms with Crippen LogP contribution in [0.1, 0.15) is 57.2 Å². The number of piperidine rings is 2. The Bertz CT molecular complexity index is 827. The van der Waals surface area contributed by atoms with Crippen LogP contribution < -0.4 is 0 Å². The highest BCUT2D eigenvalue weighted by atomic mass is 16.5. The van der Waals surface area contributed by atoms with Gasteiger partial charge in [0.25, 0.3) is 0 Å². The minimum atomic E-state index is 0.246. The summed E-state index contributed by atoms with van der Waals surface area (Å²) in [6, 6.07) is 10.4. The van der Waals surface area contributed by atoms with E-state index in [2.05, 4.69) is 48.0 Å². The standard InChI is InChI=1S/C24H34N2O/c1-4-7-21-17-14-16(11-13-27-3)23-24(2,15-17)22-19(10-12-26(21)23)18-8-5-6-9-20(18)25-22/h5-6,8-9,16-17,21,23,25H,4,7,10-15H2,1-3H3/t16?,17?,21?,23?,24-/m0/s1. The maximum atomic E-state index is 5.50. The Morgan fingerprint density at radius 3 is 2.93 bits per heavy atom. The van der Waals surface area contributed by atoms with Gasteiger partial charge >= 0.3 is 0 Å². The van der Waals surface area contributed by atoms with Crippen molar-refractivity contribution in [2.75, 3.05) is 20.3 Å². The molecule has 1 aromatic heterocycles. The Balaban J connectivity index is 1.63. The van der Waals surface area contributed by atoms with Crippen LogP contribution in [0.4, 0.5) is 0 Å². The Kier molecular flexibility index (Phi) is 4.36. The van der Waals surface area contributed by atoms with Crippen LogP contribution in [-0.4, -0.2) is 42.2 Å². The lowest BCUT2D eigenvalue weighted by Gasteiger charge is -2.62. The van der Waals surface area contributed by atoms with E-state index in [1.54, 1.807) is 11.3 Å². The minimum Gasteiger partial charge on any atom is -0.385 e. The molecule has 5 unspecified atom stereocenters. The SMILES string of the molecule is CCCC1C2CC(CCOC)C3N1CCc1c([nH]c4ccccc14)[C@]3(C)C2.